The van der Waals surface area contributed by atoms with Crippen molar-refractivity contribution in [1.29, 1.82) is 0 Å². The molecule has 0 bridgehead atoms. The van der Waals surface area contributed by atoms with Gasteiger partial charge >= 0.3 is 0 Å². The quantitative estimate of drug-likeness (QED) is 0.575. The second-order valence-corrected chi connectivity index (χ2v) is 4.66. The molecule has 4 nitrogen and oxygen atoms in total. The van der Waals surface area contributed by atoms with Crippen LogP contribution in [-0.2, 0) is 18.3 Å². The van der Waals surface area contributed by atoms with Gasteiger partial charge < -0.3 is 5.32 Å². The van der Waals surface area contributed by atoms with Crippen molar-refractivity contribution >= 4 is 34.2 Å². The van der Waals surface area contributed by atoms with Crippen LogP contribution in [0.25, 0.3) is 0 Å². The summed E-state index contributed by atoms with van der Waals surface area (Å²) < 4.78 is 1.80. The molecule has 2 rings (SSSR count). The van der Waals surface area contributed by atoms with Gasteiger partial charge in [-0.2, -0.15) is 5.10 Å². The number of halogens is 1. The Morgan fingerprint density at radius 1 is 1.77 bits per heavy atom. The Morgan fingerprint density at radius 2 is 2.54 bits per heavy atom. The summed E-state index contributed by atoms with van der Waals surface area (Å²) in [6, 6.07) is 0. The molecule has 0 aromatic carbocycles. The fourth-order valence-electron chi connectivity index (χ4n) is 1.43. The lowest BCUT2D eigenvalue weighted by Crippen LogP contribution is -2.20. The molecule has 1 amide bonds. The molecular weight excluding hydrogens is 281 g/mol. The molecule has 13 heavy (non-hydrogen) atoms. The number of alkyl halides is 1. The van der Waals surface area contributed by atoms with Crippen LogP contribution in [0.5, 0.6) is 0 Å². The highest BCUT2D eigenvalue weighted by molar-refractivity contribution is 14.1. The molecule has 1 aliphatic rings. The first-order valence-corrected chi connectivity index (χ1v) is 5.39. The van der Waals surface area contributed by atoms with E-state index >= 15 is 0 Å². The van der Waals surface area contributed by atoms with Gasteiger partial charge in [-0.25, -0.2) is 0 Å². The van der Waals surface area contributed by atoms with E-state index in [4.69, 9.17) is 0 Å². The van der Waals surface area contributed by atoms with Gasteiger partial charge in [-0.05, 0) is 12.8 Å². The Hall–Kier alpha value is -0.590. The van der Waals surface area contributed by atoms with Gasteiger partial charge in [0.2, 0.25) is 5.91 Å². The molecule has 0 saturated heterocycles. The van der Waals surface area contributed by atoms with Gasteiger partial charge in [0.1, 0.15) is 0 Å². The molecule has 0 radical (unpaired) electrons. The third-order valence-electron chi connectivity index (χ3n) is 2.08. The van der Waals surface area contributed by atoms with Crippen LogP contribution in [0.4, 0.5) is 5.69 Å². The molecule has 1 unspecified atom stereocenters. The fraction of sp³-hybridized carbons (Fsp3) is 0.500. The van der Waals surface area contributed by atoms with Gasteiger partial charge in [-0.1, -0.05) is 22.6 Å². The molecule has 5 heteroatoms. The molecule has 70 valence electrons. The Balaban J connectivity index is 2.33. The van der Waals surface area contributed by atoms with Crippen molar-refractivity contribution < 1.29 is 4.79 Å². The first-order valence-electron chi connectivity index (χ1n) is 4.14. The minimum Gasteiger partial charge on any atom is -0.322 e. The van der Waals surface area contributed by atoms with Gasteiger partial charge in [0.15, 0.2) is 0 Å². The van der Waals surface area contributed by atoms with E-state index in [1.807, 2.05) is 13.2 Å². The summed E-state index contributed by atoms with van der Waals surface area (Å²) in [4.78, 5) is 11.4. The molecule has 0 fully saturated rings. The summed E-state index contributed by atoms with van der Waals surface area (Å²) in [6.07, 6.45) is 3.60. The molecule has 0 aliphatic carbocycles. The lowest BCUT2D eigenvalue weighted by atomic mass is 10.2. The number of nitrogens with one attached hydrogen (secondary N) is 1. The number of fused-ring (bicyclic) bond motifs is 1. The highest BCUT2D eigenvalue weighted by atomic mass is 127. The number of hydrogen-bond acceptors (Lipinski definition) is 2. The number of anilines is 1. The molecule has 1 atom stereocenters. The number of nitrogens with zero attached hydrogens (tertiary/aromatic N) is 2. The SMILES string of the molecule is Cn1cc2c(n1)CCC(I)C(=O)N2. The molecule has 1 aromatic heterocycles. The lowest BCUT2D eigenvalue weighted by Gasteiger charge is -2.03. The van der Waals surface area contributed by atoms with Gasteiger partial charge in [0.25, 0.3) is 0 Å². The van der Waals surface area contributed by atoms with E-state index in [-0.39, 0.29) is 9.83 Å². The maximum Gasteiger partial charge on any atom is 0.237 e. The second-order valence-electron chi connectivity index (χ2n) is 3.16. The summed E-state index contributed by atoms with van der Waals surface area (Å²) in [5, 5.41) is 7.14. The first kappa shape index (κ1) is 8.98. The number of aromatic nitrogens is 2. The van der Waals surface area contributed by atoms with E-state index < -0.39 is 0 Å². The molecule has 1 aliphatic heterocycles. The van der Waals surface area contributed by atoms with Crippen molar-refractivity contribution in [3.05, 3.63) is 11.9 Å². The summed E-state index contributed by atoms with van der Waals surface area (Å²) in [7, 11) is 1.86. The van der Waals surface area contributed by atoms with E-state index in [0.717, 1.165) is 24.2 Å². The number of rotatable bonds is 0. The second kappa shape index (κ2) is 3.28. The van der Waals surface area contributed by atoms with Crippen LogP contribution in [0.2, 0.25) is 0 Å². The topological polar surface area (TPSA) is 46.9 Å². The lowest BCUT2D eigenvalue weighted by molar-refractivity contribution is -0.115. The van der Waals surface area contributed by atoms with Crippen molar-refractivity contribution in [2.24, 2.45) is 7.05 Å². The van der Waals surface area contributed by atoms with Gasteiger partial charge in [0.05, 0.1) is 15.3 Å². The van der Waals surface area contributed by atoms with Crippen LogP contribution in [0.3, 0.4) is 0 Å². The molecule has 2 heterocycles. The summed E-state index contributed by atoms with van der Waals surface area (Å²) in [5.41, 5.74) is 1.86. The zero-order valence-corrected chi connectivity index (χ0v) is 9.41. The normalized spacial score (nSPS) is 22.0. The van der Waals surface area contributed by atoms with Crippen molar-refractivity contribution in [2.45, 2.75) is 16.8 Å². The maximum absolute atomic E-state index is 11.4. The highest BCUT2D eigenvalue weighted by Gasteiger charge is 2.22. The van der Waals surface area contributed by atoms with Gasteiger partial charge in [-0.15, -0.1) is 0 Å². The number of carbonyl (C=O) groups is 1. The Bertz CT molecular complexity index is 347. The average molecular weight is 291 g/mol. The van der Waals surface area contributed by atoms with Crippen LogP contribution in [-0.4, -0.2) is 19.6 Å². The maximum atomic E-state index is 11.4. The zero-order chi connectivity index (χ0) is 9.42. The largest absolute Gasteiger partial charge is 0.322 e. The fourth-order valence-corrected chi connectivity index (χ4v) is 1.90. The van der Waals surface area contributed by atoms with Crippen molar-refractivity contribution in [1.82, 2.24) is 9.78 Å². The predicted octanol–water partition coefficient (Wildman–Crippen LogP) is 1.11. The highest BCUT2D eigenvalue weighted by Crippen LogP contribution is 2.23. The summed E-state index contributed by atoms with van der Waals surface area (Å²) in [5.74, 6) is 0.0901. The average Bonchev–Trinajstić information content (AvgIpc) is 2.36. The standard InChI is InChI=1S/C8H10IN3O/c1-12-4-7-6(11-12)3-2-5(9)8(13)10-7/h4-5H,2-3H2,1H3,(H,10,13). The smallest absolute Gasteiger partial charge is 0.237 e. The van der Waals surface area contributed by atoms with E-state index in [9.17, 15) is 4.79 Å². The van der Waals surface area contributed by atoms with Gasteiger partial charge in [-0.3, -0.25) is 9.48 Å². The monoisotopic (exact) mass is 291 g/mol. The number of carbonyl (C=O) groups excluding carboxylic acids is 1. The van der Waals surface area contributed by atoms with Crippen molar-refractivity contribution in [3.63, 3.8) is 0 Å². The van der Waals surface area contributed by atoms with Crippen LogP contribution in [0.15, 0.2) is 6.20 Å². The van der Waals surface area contributed by atoms with Crippen LogP contribution in [0, 0.1) is 0 Å². The molecule has 0 saturated carbocycles. The molecule has 0 spiro atoms. The minimum absolute atomic E-state index is 0.0668. The van der Waals surface area contributed by atoms with E-state index in [0.29, 0.717) is 0 Å². The van der Waals surface area contributed by atoms with Crippen LogP contribution in [0.1, 0.15) is 12.1 Å². The molecular formula is C8H10IN3O. The molecule has 1 aromatic rings. The third kappa shape index (κ3) is 1.70. The Labute approximate surface area is 89.8 Å². The van der Waals surface area contributed by atoms with Crippen LogP contribution >= 0.6 is 22.6 Å². The number of aryl methyl sites for hydroxylation is 2. The van der Waals surface area contributed by atoms with Crippen LogP contribution < -0.4 is 5.32 Å². The van der Waals surface area contributed by atoms with Gasteiger partial charge in [0, 0.05) is 13.2 Å². The predicted molar refractivity (Wildman–Crippen MR) is 58.0 cm³/mol. The van der Waals surface area contributed by atoms with Crippen molar-refractivity contribution in [2.75, 3.05) is 5.32 Å². The minimum atomic E-state index is 0.0668. The number of hydrogen-bond donors (Lipinski definition) is 1. The third-order valence-corrected chi connectivity index (χ3v) is 3.27. The zero-order valence-electron chi connectivity index (χ0n) is 7.25. The van der Waals surface area contributed by atoms with E-state index in [1.54, 1.807) is 4.68 Å². The summed E-state index contributed by atoms with van der Waals surface area (Å²) >= 11 is 2.17. The Morgan fingerprint density at radius 3 is 3.31 bits per heavy atom. The van der Waals surface area contributed by atoms with E-state index in [2.05, 4.69) is 33.0 Å². The van der Waals surface area contributed by atoms with E-state index in [1.165, 1.54) is 0 Å². The summed E-state index contributed by atoms with van der Waals surface area (Å²) in [6.45, 7) is 0. The molecule has 1 N–H and O–H groups in total. The number of amides is 1. The van der Waals surface area contributed by atoms with Crippen molar-refractivity contribution in [3.8, 4) is 0 Å². The first-order chi connectivity index (χ1) is 6.16. The Kier molecular flexibility index (Phi) is 2.27.